The SMILES string of the molecule is CC=NC(=O)CC[C@H](C(=O)NCC)n1c(-c2ccc([N+](=O)[O-])o2)nc2cc(C(=O)N3CCN(C(C)=O)CC3)ccc21. The van der Waals surface area contributed by atoms with Gasteiger partial charge in [0.1, 0.15) is 11.0 Å². The average Bonchev–Trinajstić information content (AvgIpc) is 3.58. The normalized spacial score (nSPS) is 14.4. The third-order valence-corrected chi connectivity index (χ3v) is 6.81. The zero-order valence-electron chi connectivity index (χ0n) is 23.0. The van der Waals surface area contributed by atoms with Crippen molar-refractivity contribution in [3.63, 3.8) is 0 Å². The van der Waals surface area contributed by atoms with Crippen LogP contribution in [-0.4, -0.2) is 86.8 Å². The molecule has 14 heteroatoms. The van der Waals surface area contributed by atoms with Crippen molar-refractivity contribution in [1.82, 2.24) is 24.7 Å². The first kappa shape index (κ1) is 29.1. The fraction of sp³-hybridized carbons (Fsp3) is 0.407. The molecule has 0 bridgehead atoms. The van der Waals surface area contributed by atoms with Gasteiger partial charge in [-0.2, -0.15) is 0 Å². The quantitative estimate of drug-likeness (QED) is 0.234. The number of nitrogens with one attached hydrogen (secondary N) is 1. The van der Waals surface area contributed by atoms with Crippen molar-refractivity contribution >= 4 is 46.8 Å². The predicted octanol–water partition coefficient (Wildman–Crippen LogP) is 2.58. The molecule has 3 aromatic rings. The number of aliphatic imine (C=N–C) groups is 1. The predicted molar refractivity (Wildman–Crippen MR) is 148 cm³/mol. The van der Waals surface area contributed by atoms with E-state index in [1.54, 1.807) is 46.4 Å². The first-order chi connectivity index (χ1) is 19.6. The number of fused-ring (bicyclic) bond motifs is 1. The van der Waals surface area contributed by atoms with Gasteiger partial charge in [0.2, 0.25) is 17.7 Å². The van der Waals surface area contributed by atoms with Crippen molar-refractivity contribution in [2.45, 2.75) is 39.7 Å². The highest BCUT2D eigenvalue weighted by molar-refractivity contribution is 5.98. The summed E-state index contributed by atoms with van der Waals surface area (Å²) in [7, 11) is 0. The molecule has 1 atom stereocenters. The molecule has 4 amide bonds. The van der Waals surface area contributed by atoms with E-state index in [4.69, 9.17) is 4.42 Å². The molecule has 0 aliphatic carbocycles. The van der Waals surface area contributed by atoms with Crippen LogP contribution in [0.3, 0.4) is 0 Å². The number of imidazole rings is 1. The second-order valence-corrected chi connectivity index (χ2v) is 9.43. The van der Waals surface area contributed by atoms with Crippen LogP contribution in [0.2, 0.25) is 0 Å². The van der Waals surface area contributed by atoms with Gasteiger partial charge in [-0.1, -0.05) is 0 Å². The second-order valence-electron chi connectivity index (χ2n) is 9.43. The van der Waals surface area contributed by atoms with Crippen LogP contribution in [0, 0.1) is 10.1 Å². The Labute approximate surface area is 235 Å². The van der Waals surface area contributed by atoms with E-state index >= 15 is 0 Å². The van der Waals surface area contributed by atoms with Crippen molar-refractivity contribution in [2.24, 2.45) is 4.99 Å². The van der Waals surface area contributed by atoms with Crippen molar-refractivity contribution in [2.75, 3.05) is 32.7 Å². The van der Waals surface area contributed by atoms with E-state index in [1.807, 2.05) is 0 Å². The summed E-state index contributed by atoms with van der Waals surface area (Å²) in [5.74, 6) is -1.38. The topological polar surface area (TPSA) is 173 Å². The minimum Gasteiger partial charge on any atom is -0.397 e. The maximum Gasteiger partial charge on any atom is 0.433 e. The zero-order valence-corrected chi connectivity index (χ0v) is 23.0. The average molecular weight is 566 g/mol. The van der Waals surface area contributed by atoms with Gasteiger partial charge in [-0.15, -0.1) is 0 Å². The number of rotatable bonds is 9. The summed E-state index contributed by atoms with van der Waals surface area (Å²) in [4.78, 5) is 72.8. The molecule has 0 spiro atoms. The van der Waals surface area contributed by atoms with Crippen molar-refractivity contribution in [1.29, 1.82) is 0 Å². The van der Waals surface area contributed by atoms with Crippen LogP contribution >= 0.6 is 0 Å². The highest BCUT2D eigenvalue weighted by Crippen LogP contribution is 2.34. The molecular weight excluding hydrogens is 534 g/mol. The van der Waals surface area contributed by atoms with Crippen LogP contribution in [0.4, 0.5) is 5.88 Å². The molecule has 14 nitrogen and oxygen atoms in total. The van der Waals surface area contributed by atoms with Crippen molar-refractivity contribution in [3.8, 4) is 11.6 Å². The summed E-state index contributed by atoms with van der Waals surface area (Å²) in [5, 5.41) is 14.1. The number of aromatic nitrogens is 2. The lowest BCUT2D eigenvalue weighted by molar-refractivity contribution is -0.401. The van der Waals surface area contributed by atoms with Crippen LogP contribution in [0.1, 0.15) is 50.0 Å². The summed E-state index contributed by atoms with van der Waals surface area (Å²) < 4.78 is 7.02. The number of amides is 4. The zero-order chi connectivity index (χ0) is 29.7. The summed E-state index contributed by atoms with van der Waals surface area (Å²) in [6.07, 6.45) is 1.42. The lowest BCUT2D eigenvalue weighted by Crippen LogP contribution is -2.50. The lowest BCUT2D eigenvalue weighted by atomic mass is 10.1. The second kappa shape index (κ2) is 12.5. The molecule has 4 rings (SSSR count). The Balaban J connectivity index is 1.78. The molecule has 1 N–H and O–H groups in total. The first-order valence-electron chi connectivity index (χ1n) is 13.2. The van der Waals surface area contributed by atoms with Gasteiger partial charge in [-0.25, -0.2) is 9.98 Å². The minimum absolute atomic E-state index is 0.0354. The fourth-order valence-electron chi connectivity index (χ4n) is 4.81. The first-order valence-corrected chi connectivity index (χ1v) is 13.2. The summed E-state index contributed by atoms with van der Waals surface area (Å²) in [5.41, 5.74) is 1.19. The smallest absolute Gasteiger partial charge is 0.397 e. The monoisotopic (exact) mass is 565 g/mol. The maximum absolute atomic E-state index is 13.3. The van der Waals surface area contributed by atoms with Gasteiger partial charge in [0.05, 0.1) is 17.1 Å². The van der Waals surface area contributed by atoms with Gasteiger partial charge in [0.15, 0.2) is 11.6 Å². The van der Waals surface area contributed by atoms with Crippen LogP contribution in [0.25, 0.3) is 22.6 Å². The Bertz CT molecular complexity index is 1520. The number of likely N-dealkylation sites (N-methyl/N-ethyl adjacent to an activating group) is 1. The highest BCUT2D eigenvalue weighted by Gasteiger charge is 2.30. The van der Waals surface area contributed by atoms with Crippen molar-refractivity contribution < 1.29 is 28.5 Å². The molecule has 1 aromatic carbocycles. The van der Waals surface area contributed by atoms with E-state index in [2.05, 4.69) is 15.3 Å². The number of piperazine rings is 1. The molecule has 216 valence electrons. The minimum atomic E-state index is -0.934. The molecule has 0 radical (unpaired) electrons. The summed E-state index contributed by atoms with van der Waals surface area (Å²) >= 11 is 0. The van der Waals surface area contributed by atoms with Crippen LogP contribution in [-0.2, 0) is 14.4 Å². The van der Waals surface area contributed by atoms with Gasteiger partial charge < -0.3 is 24.1 Å². The van der Waals surface area contributed by atoms with Gasteiger partial charge in [0.25, 0.3) is 5.91 Å². The number of carbonyl (C=O) groups excluding carboxylic acids is 4. The highest BCUT2D eigenvalue weighted by atomic mass is 16.6. The number of hydrogen-bond donors (Lipinski definition) is 1. The Morgan fingerprint density at radius 1 is 1.15 bits per heavy atom. The largest absolute Gasteiger partial charge is 0.433 e. The standard InChI is InChI=1S/C27H31N7O7/c1-4-28-23(36)10-8-21(26(37)29-5-2)33-20-7-6-18(27(38)32-14-12-31(13-15-32)17(3)35)16-19(20)30-25(33)22-9-11-24(41-22)34(39)40/h4,6-7,9,11,16,21H,5,8,10,12-15H2,1-3H3,(H,29,37)/t21-/m1/s1. The lowest BCUT2D eigenvalue weighted by Gasteiger charge is -2.34. The van der Waals surface area contributed by atoms with Crippen LogP contribution in [0.15, 0.2) is 39.7 Å². The van der Waals surface area contributed by atoms with Gasteiger partial charge >= 0.3 is 5.88 Å². The molecule has 2 aromatic heterocycles. The van der Waals surface area contributed by atoms with Crippen LogP contribution < -0.4 is 5.32 Å². The van der Waals surface area contributed by atoms with E-state index in [9.17, 15) is 29.3 Å². The third-order valence-electron chi connectivity index (χ3n) is 6.81. The molecular formula is C27H31N7O7. The molecule has 0 unspecified atom stereocenters. The van der Waals surface area contributed by atoms with E-state index in [1.165, 1.54) is 25.3 Å². The number of carbonyl (C=O) groups is 4. The molecule has 0 saturated carbocycles. The van der Waals surface area contributed by atoms with E-state index in [0.29, 0.717) is 49.3 Å². The molecule has 3 heterocycles. The van der Waals surface area contributed by atoms with Gasteiger partial charge in [-0.05, 0) is 44.5 Å². The third kappa shape index (κ3) is 6.31. The number of nitro groups is 1. The number of nitrogens with zero attached hydrogens (tertiary/aromatic N) is 6. The van der Waals surface area contributed by atoms with E-state index in [-0.39, 0.29) is 42.1 Å². The number of hydrogen-bond acceptors (Lipinski definition) is 8. The Kier molecular flexibility index (Phi) is 8.90. The maximum atomic E-state index is 13.3. The molecule has 41 heavy (non-hydrogen) atoms. The number of furan rings is 1. The summed E-state index contributed by atoms with van der Waals surface area (Å²) in [6.45, 7) is 6.86. The number of benzene rings is 1. The Morgan fingerprint density at radius 2 is 1.85 bits per heavy atom. The van der Waals surface area contributed by atoms with Crippen LogP contribution in [0.5, 0.6) is 0 Å². The molecule has 1 aliphatic heterocycles. The molecule has 1 saturated heterocycles. The fourth-order valence-corrected chi connectivity index (χ4v) is 4.81. The Hall–Kier alpha value is -4.88. The van der Waals surface area contributed by atoms with Crippen molar-refractivity contribution in [3.05, 3.63) is 46.0 Å². The Morgan fingerprint density at radius 3 is 2.46 bits per heavy atom. The van der Waals surface area contributed by atoms with E-state index in [0.717, 1.165) is 0 Å². The van der Waals surface area contributed by atoms with E-state index < -0.39 is 22.8 Å². The molecule has 1 fully saturated rings. The molecule has 1 aliphatic rings. The van der Waals surface area contributed by atoms with Gasteiger partial charge in [-0.3, -0.25) is 29.3 Å². The van der Waals surface area contributed by atoms with Gasteiger partial charge in [0, 0.05) is 57.8 Å². The summed E-state index contributed by atoms with van der Waals surface area (Å²) in [6, 6.07) is 6.51.